The summed E-state index contributed by atoms with van der Waals surface area (Å²) in [7, 11) is 0. The van der Waals surface area contributed by atoms with Crippen LogP contribution >= 0.6 is 11.6 Å². The molecule has 1 heterocycles. The Kier molecular flexibility index (Phi) is 6.61. The highest BCUT2D eigenvalue weighted by Crippen LogP contribution is 2.30. The van der Waals surface area contributed by atoms with Gasteiger partial charge in [0, 0.05) is 37.9 Å². The van der Waals surface area contributed by atoms with E-state index in [4.69, 9.17) is 11.6 Å². The van der Waals surface area contributed by atoms with Gasteiger partial charge in [-0.15, -0.1) is 0 Å². The van der Waals surface area contributed by atoms with E-state index >= 15 is 0 Å². The highest BCUT2D eigenvalue weighted by atomic mass is 35.5. The van der Waals surface area contributed by atoms with Crippen LogP contribution in [0.4, 0.5) is 5.69 Å². The maximum atomic E-state index is 9.27. The van der Waals surface area contributed by atoms with Gasteiger partial charge in [-0.3, -0.25) is 4.90 Å². The molecule has 3 nitrogen and oxygen atoms in total. The van der Waals surface area contributed by atoms with Crippen LogP contribution in [-0.4, -0.2) is 24.0 Å². The molecule has 0 aromatic heterocycles. The number of nitriles is 1. The van der Waals surface area contributed by atoms with Crippen LogP contribution in [0.2, 0.25) is 5.02 Å². The third kappa shape index (κ3) is 4.93. The van der Waals surface area contributed by atoms with E-state index < -0.39 is 0 Å². The quantitative estimate of drug-likeness (QED) is 0.473. The summed E-state index contributed by atoms with van der Waals surface area (Å²) in [5.74, 6) is 0. The largest absolute Gasteiger partial charge is 0.363 e. The molecule has 3 aromatic carbocycles. The molecule has 0 unspecified atom stereocenters. The van der Waals surface area contributed by atoms with Crippen molar-refractivity contribution in [2.24, 2.45) is 0 Å². The minimum Gasteiger partial charge on any atom is -0.363 e. The molecule has 1 atom stereocenters. The number of hydrogen-bond acceptors (Lipinski definition) is 3. The second-order valence-electron chi connectivity index (χ2n) is 8.43. The highest BCUT2D eigenvalue weighted by molar-refractivity contribution is 6.32. The number of rotatable bonds is 6. The number of likely N-dealkylation sites (tertiary alicyclic amines) is 1. The van der Waals surface area contributed by atoms with Gasteiger partial charge in [-0.1, -0.05) is 60.1 Å². The van der Waals surface area contributed by atoms with Gasteiger partial charge in [0.25, 0.3) is 0 Å². The van der Waals surface area contributed by atoms with Crippen molar-refractivity contribution in [2.45, 2.75) is 39.4 Å². The van der Waals surface area contributed by atoms with Crippen LogP contribution in [0, 0.1) is 25.2 Å². The fourth-order valence-electron chi connectivity index (χ4n) is 4.41. The molecule has 4 rings (SSSR count). The second-order valence-corrected chi connectivity index (χ2v) is 8.84. The predicted molar refractivity (Wildman–Crippen MR) is 128 cm³/mol. The SMILES string of the molecule is Cc1ccccc1CN1CC[C@H](N(Cc2ccccc2C)c2ccc(C#N)c(Cl)c2)C1. The summed E-state index contributed by atoms with van der Waals surface area (Å²) in [5.41, 5.74) is 6.96. The number of halogens is 1. The summed E-state index contributed by atoms with van der Waals surface area (Å²) in [5, 5.41) is 9.79. The lowest BCUT2D eigenvalue weighted by Gasteiger charge is -2.32. The molecule has 0 aliphatic carbocycles. The summed E-state index contributed by atoms with van der Waals surface area (Å²) in [6.07, 6.45) is 1.11. The van der Waals surface area contributed by atoms with Crippen molar-refractivity contribution < 1.29 is 0 Å². The van der Waals surface area contributed by atoms with Gasteiger partial charge in [-0.05, 0) is 60.7 Å². The maximum absolute atomic E-state index is 9.27. The van der Waals surface area contributed by atoms with Gasteiger partial charge in [0.15, 0.2) is 0 Å². The van der Waals surface area contributed by atoms with E-state index in [1.165, 1.54) is 22.3 Å². The average molecular weight is 430 g/mol. The van der Waals surface area contributed by atoms with Crippen molar-refractivity contribution in [3.8, 4) is 6.07 Å². The number of hydrogen-bond donors (Lipinski definition) is 0. The zero-order valence-electron chi connectivity index (χ0n) is 18.2. The topological polar surface area (TPSA) is 30.3 Å². The molecule has 0 N–H and O–H groups in total. The first-order valence-corrected chi connectivity index (χ1v) is 11.2. The van der Waals surface area contributed by atoms with Crippen molar-refractivity contribution in [1.82, 2.24) is 4.90 Å². The Balaban J connectivity index is 1.59. The molecule has 4 heteroatoms. The van der Waals surface area contributed by atoms with Crippen LogP contribution in [0.3, 0.4) is 0 Å². The molecule has 1 fully saturated rings. The van der Waals surface area contributed by atoms with Crippen LogP contribution in [-0.2, 0) is 13.1 Å². The molecule has 1 aliphatic heterocycles. The smallest absolute Gasteiger partial charge is 0.101 e. The van der Waals surface area contributed by atoms with E-state index in [-0.39, 0.29) is 0 Å². The molecule has 0 saturated carbocycles. The number of benzene rings is 3. The number of aryl methyl sites for hydroxylation is 2. The third-order valence-corrected chi connectivity index (χ3v) is 6.66. The monoisotopic (exact) mass is 429 g/mol. The van der Waals surface area contributed by atoms with Crippen LogP contribution in [0.1, 0.15) is 34.2 Å². The fraction of sp³-hybridized carbons (Fsp3) is 0.296. The van der Waals surface area contributed by atoms with Gasteiger partial charge >= 0.3 is 0 Å². The van der Waals surface area contributed by atoms with E-state index in [0.29, 0.717) is 16.6 Å². The van der Waals surface area contributed by atoms with E-state index in [9.17, 15) is 5.26 Å². The summed E-state index contributed by atoms with van der Waals surface area (Å²) in [4.78, 5) is 5.01. The Labute approximate surface area is 190 Å². The Hall–Kier alpha value is -2.80. The minimum atomic E-state index is 0.396. The molecule has 1 aliphatic rings. The summed E-state index contributed by atoms with van der Waals surface area (Å²) >= 11 is 6.41. The van der Waals surface area contributed by atoms with Crippen molar-refractivity contribution in [2.75, 3.05) is 18.0 Å². The van der Waals surface area contributed by atoms with Gasteiger partial charge in [0.05, 0.1) is 10.6 Å². The van der Waals surface area contributed by atoms with Gasteiger partial charge in [-0.2, -0.15) is 5.26 Å². The molecule has 1 saturated heterocycles. The molecule has 0 amide bonds. The molecule has 0 bridgehead atoms. The standard InChI is InChI=1S/C27H28ClN3/c1-20-7-3-5-9-23(20)17-30-14-13-26(19-30)31(18-24-10-6-4-8-21(24)2)25-12-11-22(16-29)27(28)15-25/h3-12,15,26H,13-14,17-19H2,1-2H3/t26-/m0/s1. The first-order valence-electron chi connectivity index (χ1n) is 10.8. The Morgan fingerprint density at radius 1 is 1.00 bits per heavy atom. The molecule has 0 radical (unpaired) electrons. The summed E-state index contributed by atoms with van der Waals surface area (Å²) in [6, 6.07) is 25.6. The maximum Gasteiger partial charge on any atom is 0.101 e. The van der Waals surface area contributed by atoms with Crippen molar-refractivity contribution in [3.05, 3.63) is 99.6 Å². The lowest BCUT2D eigenvalue weighted by atomic mass is 10.1. The minimum absolute atomic E-state index is 0.396. The molecule has 31 heavy (non-hydrogen) atoms. The van der Waals surface area contributed by atoms with Gasteiger partial charge in [0.1, 0.15) is 6.07 Å². The van der Waals surface area contributed by atoms with E-state index in [1.807, 2.05) is 18.2 Å². The number of nitrogens with zero attached hydrogens (tertiary/aromatic N) is 3. The zero-order chi connectivity index (χ0) is 21.8. The van der Waals surface area contributed by atoms with E-state index in [1.54, 1.807) is 0 Å². The lowest BCUT2D eigenvalue weighted by Crippen LogP contribution is -2.37. The zero-order valence-corrected chi connectivity index (χ0v) is 18.9. The predicted octanol–water partition coefficient (Wildman–Crippen LogP) is 6.11. The van der Waals surface area contributed by atoms with Crippen LogP contribution < -0.4 is 4.90 Å². The normalized spacial score (nSPS) is 16.3. The van der Waals surface area contributed by atoms with Crippen molar-refractivity contribution in [3.63, 3.8) is 0 Å². The Bertz CT molecular complexity index is 1100. The second kappa shape index (κ2) is 9.56. The van der Waals surface area contributed by atoms with Crippen molar-refractivity contribution >= 4 is 17.3 Å². The first kappa shape index (κ1) is 21.4. The van der Waals surface area contributed by atoms with Gasteiger partial charge in [0.2, 0.25) is 0 Å². The van der Waals surface area contributed by atoms with E-state index in [0.717, 1.165) is 38.3 Å². The first-order chi connectivity index (χ1) is 15.0. The fourth-order valence-corrected chi connectivity index (χ4v) is 4.63. The van der Waals surface area contributed by atoms with Gasteiger partial charge < -0.3 is 4.90 Å². The summed E-state index contributed by atoms with van der Waals surface area (Å²) < 4.78 is 0. The molecule has 0 spiro atoms. The average Bonchev–Trinajstić information content (AvgIpc) is 3.23. The highest BCUT2D eigenvalue weighted by Gasteiger charge is 2.29. The van der Waals surface area contributed by atoms with Crippen molar-refractivity contribution in [1.29, 1.82) is 5.26 Å². The summed E-state index contributed by atoms with van der Waals surface area (Å²) in [6.45, 7) is 8.25. The van der Waals surface area contributed by atoms with Crippen LogP contribution in [0.25, 0.3) is 0 Å². The van der Waals surface area contributed by atoms with Crippen LogP contribution in [0.5, 0.6) is 0 Å². The molecular weight excluding hydrogens is 402 g/mol. The third-order valence-electron chi connectivity index (χ3n) is 6.35. The molecule has 3 aromatic rings. The number of anilines is 1. The Morgan fingerprint density at radius 3 is 2.32 bits per heavy atom. The van der Waals surface area contributed by atoms with Gasteiger partial charge in [-0.25, -0.2) is 0 Å². The lowest BCUT2D eigenvalue weighted by molar-refractivity contribution is 0.324. The molecule has 158 valence electrons. The van der Waals surface area contributed by atoms with E-state index in [2.05, 4.69) is 78.2 Å². The Morgan fingerprint density at radius 2 is 1.68 bits per heavy atom. The van der Waals surface area contributed by atoms with Crippen LogP contribution in [0.15, 0.2) is 66.7 Å². The molecular formula is C27H28ClN3.